The van der Waals surface area contributed by atoms with Gasteiger partial charge in [-0.3, -0.25) is 0 Å². The van der Waals surface area contributed by atoms with Gasteiger partial charge in [-0.1, -0.05) is 52.9 Å². The number of fused-ring (bicyclic) bond motifs is 1. The Hall–Kier alpha value is -1.64. The van der Waals surface area contributed by atoms with Crippen molar-refractivity contribution in [2.75, 3.05) is 0 Å². The van der Waals surface area contributed by atoms with Gasteiger partial charge in [0, 0.05) is 19.4 Å². The van der Waals surface area contributed by atoms with Crippen molar-refractivity contribution in [2.45, 2.75) is 6.92 Å². The highest BCUT2D eigenvalue weighted by Crippen LogP contribution is 2.36. The van der Waals surface area contributed by atoms with Gasteiger partial charge < -0.3 is 0 Å². The van der Waals surface area contributed by atoms with E-state index in [1.807, 2.05) is 30.4 Å². The summed E-state index contributed by atoms with van der Waals surface area (Å²) >= 11 is 5.35. The average Bonchev–Trinajstić information content (AvgIpc) is 2.84. The van der Waals surface area contributed by atoms with Crippen LogP contribution in [-0.4, -0.2) is 0 Å². The van der Waals surface area contributed by atoms with Gasteiger partial charge in [-0.05, 0) is 54.0 Å². The van der Waals surface area contributed by atoms with Gasteiger partial charge in [0.05, 0.1) is 0 Å². The number of hydrogen-bond acceptors (Lipinski definition) is 1. The lowest BCUT2D eigenvalue weighted by Gasteiger charge is -2.03. The summed E-state index contributed by atoms with van der Waals surface area (Å²) in [6.45, 7) is 6.02. The molecule has 1 heterocycles. The Kier molecular flexibility index (Phi) is 4.09. The molecular formula is C19H15BrS. The summed E-state index contributed by atoms with van der Waals surface area (Å²) in [7, 11) is 0. The van der Waals surface area contributed by atoms with Crippen LogP contribution in [0.15, 0.2) is 59.6 Å². The maximum atomic E-state index is 3.98. The van der Waals surface area contributed by atoms with Crippen molar-refractivity contribution in [2.24, 2.45) is 0 Å². The van der Waals surface area contributed by atoms with Crippen molar-refractivity contribution in [3.63, 3.8) is 0 Å². The lowest BCUT2D eigenvalue weighted by molar-refractivity contribution is 1.61. The lowest BCUT2D eigenvalue weighted by Crippen LogP contribution is -1.78. The summed E-state index contributed by atoms with van der Waals surface area (Å²) in [6.07, 6.45) is 6.19. The lowest BCUT2D eigenvalue weighted by atomic mass is 10.0. The SMILES string of the molecule is C=Cc1c(/C=C\C)sc2ccc(-c3cccc(Br)c3)cc12. The third kappa shape index (κ3) is 2.74. The first-order chi connectivity index (χ1) is 10.2. The normalized spacial score (nSPS) is 11.3. The molecule has 1 aromatic heterocycles. The molecular weight excluding hydrogens is 340 g/mol. The molecule has 0 saturated carbocycles. The molecule has 0 atom stereocenters. The molecule has 2 aromatic carbocycles. The molecule has 3 aromatic rings. The molecule has 0 fully saturated rings. The fraction of sp³-hybridized carbons (Fsp3) is 0.0526. The maximum absolute atomic E-state index is 3.98. The molecule has 104 valence electrons. The van der Waals surface area contributed by atoms with Crippen molar-refractivity contribution in [1.29, 1.82) is 0 Å². The zero-order chi connectivity index (χ0) is 14.8. The second-order valence-corrected chi connectivity index (χ2v) is 6.80. The van der Waals surface area contributed by atoms with Gasteiger partial charge in [0.2, 0.25) is 0 Å². The third-order valence-corrected chi connectivity index (χ3v) is 5.08. The molecule has 0 spiro atoms. The summed E-state index contributed by atoms with van der Waals surface area (Å²) in [4.78, 5) is 1.27. The van der Waals surface area contributed by atoms with E-state index in [4.69, 9.17) is 0 Å². The van der Waals surface area contributed by atoms with Gasteiger partial charge in [-0.2, -0.15) is 0 Å². The topological polar surface area (TPSA) is 0 Å². The number of allylic oxidation sites excluding steroid dienone is 1. The Morgan fingerprint density at radius 3 is 2.62 bits per heavy atom. The van der Waals surface area contributed by atoms with Crippen LogP contribution in [0, 0.1) is 0 Å². The van der Waals surface area contributed by atoms with E-state index in [0.717, 1.165) is 4.47 Å². The van der Waals surface area contributed by atoms with Crippen LogP contribution in [0.3, 0.4) is 0 Å². The number of rotatable bonds is 3. The van der Waals surface area contributed by atoms with Gasteiger partial charge in [0.25, 0.3) is 0 Å². The Morgan fingerprint density at radius 2 is 1.90 bits per heavy atom. The highest BCUT2D eigenvalue weighted by molar-refractivity contribution is 9.10. The first-order valence-corrected chi connectivity index (χ1v) is 8.41. The fourth-order valence-corrected chi connectivity index (χ4v) is 4.03. The average molecular weight is 355 g/mol. The molecule has 0 bridgehead atoms. The molecule has 3 rings (SSSR count). The Labute approximate surface area is 137 Å². The first-order valence-electron chi connectivity index (χ1n) is 6.80. The van der Waals surface area contributed by atoms with Gasteiger partial charge in [-0.25, -0.2) is 0 Å². The summed E-state index contributed by atoms with van der Waals surface area (Å²) in [5.41, 5.74) is 3.68. The first kappa shape index (κ1) is 14.3. The summed E-state index contributed by atoms with van der Waals surface area (Å²) in [5, 5.41) is 1.28. The Balaban J connectivity index is 2.21. The molecule has 0 nitrogen and oxygen atoms in total. The van der Waals surface area contributed by atoms with Gasteiger partial charge in [-0.15, -0.1) is 11.3 Å². The molecule has 0 saturated heterocycles. The van der Waals surface area contributed by atoms with Crippen molar-refractivity contribution in [1.82, 2.24) is 0 Å². The predicted octanol–water partition coefficient (Wildman–Crippen LogP) is 7.01. The number of hydrogen-bond donors (Lipinski definition) is 0. The number of benzene rings is 2. The quantitative estimate of drug-likeness (QED) is 0.474. The summed E-state index contributed by atoms with van der Waals surface area (Å²) in [6, 6.07) is 15.1. The van der Waals surface area contributed by atoms with E-state index >= 15 is 0 Å². The van der Waals surface area contributed by atoms with E-state index in [-0.39, 0.29) is 0 Å². The van der Waals surface area contributed by atoms with Crippen molar-refractivity contribution in [3.8, 4) is 11.1 Å². The largest absolute Gasteiger partial charge is 0.135 e. The van der Waals surface area contributed by atoms with E-state index in [9.17, 15) is 0 Å². The van der Waals surface area contributed by atoms with Gasteiger partial charge in [0.1, 0.15) is 0 Å². The van der Waals surface area contributed by atoms with Gasteiger partial charge in [0.15, 0.2) is 0 Å². The molecule has 0 N–H and O–H groups in total. The summed E-state index contributed by atoms with van der Waals surface area (Å²) < 4.78 is 2.40. The van der Waals surface area contributed by atoms with Crippen LogP contribution in [0.4, 0.5) is 0 Å². The van der Waals surface area contributed by atoms with Crippen LogP contribution >= 0.6 is 27.3 Å². The standard InChI is InChI=1S/C19H15BrS/c1-3-6-18-16(4-2)17-12-14(9-10-19(17)21-18)13-7-5-8-15(20)11-13/h3-12H,2H2,1H3/b6-3-. The zero-order valence-electron chi connectivity index (χ0n) is 11.8. The number of thiophene rings is 1. The fourth-order valence-electron chi connectivity index (χ4n) is 2.47. The van der Waals surface area contributed by atoms with E-state index < -0.39 is 0 Å². The predicted molar refractivity (Wildman–Crippen MR) is 99.8 cm³/mol. The minimum Gasteiger partial charge on any atom is -0.135 e. The van der Waals surface area contributed by atoms with E-state index in [0.29, 0.717) is 0 Å². The third-order valence-electron chi connectivity index (χ3n) is 3.44. The smallest absolute Gasteiger partial charge is 0.0355 e. The molecule has 0 aliphatic carbocycles. The molecule has 0 amide bonds. The maximum Gasteiger partial charge on any atom is 0.0355 e. The summed E-state index contributed by atoms with van der Waals surface area (Å²) in [5.74, 6) is 0. The monoisotopic (exact) mass is 354 g/mol. The molecule has 0 aliphatic rings. The van der Waals surface area contributed by atoms with E-state index in [1.165, 1.54) is 31.7 Å². The van der Waals surface area contributed by atoms with Gasteiger partial charge >= 0.3 is 0 Å². The second kappa shape index (κ2) is 6.00. The van der Waals surface area contributed by atoms with E-state index in [1.54, 1.807) is 0 Å². The minimum absolute atomic E-state index is 1.10. The molecule has 21 heavy (non-hydrogen) atoms. The van der Waals surface area contributed by atoms with Crippen molar-refractivity contribution >= 4 is 49.5 Å². The van der Waals surface area contributed by atoms with E-state index in [2.05, 4.69) is 71.1 Å². The van der Waals surface area contributed by atoms with Crippen LogP contribution < -0.4 is 0 Å². The molecule has 2 heteroatoms. The van der Waals surface area contributed by atoms with Crippen molar-refractivity contribution < 1.29 is 0 Å². The van der Waals surface area contributed by atoms with Crippen LogP contribution in [0.5, 0.6) is 0 Å². The number of halogens is 1. The van der Waals surface area contributed by atoms with Crippen molar-refractivity contribution in [3.05, 3.63) is 70.0 Å². The second-order valence-electron chi connectivity index (χ2n) is 4.81. The highest BCUT2D eigenvalue weighted by atomic mass is 79.9. The minimum atomic E-state index is 1.10. The van der Waals surface area contributed by atoms with Crippen LogP contribution in [-0.2, 0) is 0 Å². The van der Waals surface area contributed by atoms with Crippen LogP contribution in [0.1, 0.15) is 17.4 Å². The molecule has 0 aliphatic heterocycles. The Bertz CT molecular complexity index is 840. The van der Waals surface area contributed by atoms with Crippen LogP contribution in [0.25, 0.3) is 33.4 Å². The highest BCUT2D eigenvalue weighted by Gasteiger charge is 2.09. The van der Waals surface area contributed by atoms with Crippen LogP contribution in [0.2, 0.25) is 0 Å². The zero-order valence-corrected chi connectivity index (χ0v) is 14.2. The Morgan fingerprint density at radius 1 is 1.10 bits per heavy atom. The molecule has 0 radical (unpaired) electrons. The molecule has 0 unspecified atom stereocenters.